The van der Waals surface area contributed by atoms with Crippen LogP contribution in [0.15, 0.2) is 4.15 Å². The van der Waals surface area contributed by atoms with E-state index in [2.05, 4.69) is 4.15 Å². The number of hydrogen-bond acceptors (Lipinski definition) is 2. The molecule has 122 valence electrons. The highest BCUT2D eigenvalue weighted by atomic mass is 32.2. The Bertz CT molecular complexity index is 458. The molecule has 0 amide bonds. The normalized spacial score (nSPS) is 23.0. The zero-order valence-electron chi connectivity index (χ0n) is 12.0. The molecule has 0 bridgehead atoms. The molecule has 0 N–H and O–H groups in total. The number of halogens is 3. The van der Waals surface area contributed by atoms with Crippen molar-refractivity contribution in [3.8, 4) is 0 Å². The fourth-order valence-electron chi connectivity index (χ4n) is 3.29. The van der Waals surface area contributed by atoms with Gasteiger partial charge in [-0.3, -0.25) is 0 Å². The zero-order chi connectivity index (χ0) is 15.5. The van der Waals surface area contributed by atoms with Crippen LogP contribution in [0.5, 0.6) is 0 Å². The molecule has 0 aromatic heterocycles. The molecule has 3 nitrogen and oxygen atoms in total. The molecule has 21 heavy (non-hydrogen) atoms. The SMILES string of the molecule is O=S(=O)(N=[P+](C1CCCCC1)C1CCCCC1)C(F)(F)F. The van der Waals surface area contributed by atoms with Gasteiger partial charge in [-0.1, -0.05) is 12.8 Å². The van der Waals surface area contributed by atoms with Gasteiger partial charge in [0, 0.05) is 4.15 Å². The van der Waals surface area contributed by atoms with E-state index in [-0.39, 0.29) is 11.3 Å². The predicted molar refractivity (Wildman–Crippen MR) is 78.1 cm³/mol. The van der Waals surface area contributed by atoms with Crippen LogP contribution in [0.4, 0.5) is 13.2 Å². The number of rotatable bonds is 3. The van der Waals surface area contributed by atoms with Gasteiger partial charge in [0.05, 0.1) is 0 Å². The fourth-order valence-corrected chi connectivity index (χ4v) is 8.11. The Hall–Kier alpha value is -0.160. The lowest BCUT2D eigenvalue weighted by atomic mass is 10.00. The first-order valence-corrected chi connectivity index (χ1v) is 10.5. The summed E-state index contributed by atoms with van der Waals surface area (Å²) in [5.41, 5.74) is -5.13. The van der Waals surface area contributed by atoms with E-state index in [1.54, 1.807) is 0 Å². The van der Waals surface area contributed by atoms with Crippen molar-refractivity contribution < 1.29 is 21.6 Å². The summed E-state index contributed by atoms with van der Waals surface area (Å²) in [4.78, 5) is 0. The highest BCUT2D eigenvalue weighted by Gasteiger charge is 2.51. The summed E-state index contributed by atoms with van der Waals surface area (Å²) in [6.45, 7) is 0. The molecular weight excluding hydrogens is 322 g/mol. The monoisotopic (exact) mass is 344 g/mol. The number of nitrogens with zero attached hydrogens (tertiary/aromatic N) is 1. The van der Waals surface area contributed by atoms with Gasteiger partial charge in [0.2, 0.25) is 7.71 Å². The van der Waals surface area contributed by atoms with Crippen LogP contribution < -0.4 is 0 Å². The third kappa shape index (κ3) is 4.41. The maximum absolute atomic E-state index is 12.7. The molecule has 0 aliphatic heterocycles. The molecule has 0 saturated heterocycles. The summed E-state index contributed by atoms with van der Waals surface area (Å²) in [5, 5.41) is 0. The van der Waals surface area contributed by atoms with E-state index in [1.165, 1.54) is 0 Å². The van der Waals surface area contributed by atoms with Crippen molar-refractivity contribution in [2.75, 3.05) is 0 Å². The predicted octanol–water partition coefficient (Wildman–Crippen LogP) is 5.17. The number of alkyl halides is 3. The first kappa shape index (κ1) is 17.2. The van der Waals surface area contributed by atoms with Crippen LogP contribution in [0, 0.1) is 0 Å². The molecule has 8 heteroatoms. The van der Waals surface area contributed by atoms with Crippen molar-refractivity contribution in [3.63, 3.8) is 0 Å². The summed E-state index contributed by atoms with van der Waals surface area (Å²) >= 11 is 0. The second-order valence-corrected chi connectivity index (χ2v) is 10.3. The van der Waals surface area contributed by atoms with Crippen molar-refractivity contribution in [1.29, 1.82) is 0 Å². The van der Waals surface area contributed by atoms with Crippen LogP contribution in [-0.4, -0.2) is 25.2 Å². The van der Waals surface area contributed by atoms with Gasteiger partial charge < -0.3 is 0 Å². The lowest BCUT2D eigenvalue weighted by Crippen LogP contribution is -2.23. The molecule has 2 fully saturated rings. The van der Waals surface area contributed by atoms with Gasteiger partial charge in [0.1, 0.15) is 11.3 Å². The topological polar surface area (TPSA) is 46.5 Å². The van der Waals surface area contributed by atoms with Crippen molar-refractivity contribution in [2.45, 2.75) is 81.0 Å². The first-order valence-electron chi connectivity index (χ1n) is 7.64. The summed E-state index contributed by atoms with van der Waals surface area (Å²) in [6, 6.07) is 0. The van der Waals surface area contributed by atoms with Crippen LogP contribution in [0.2, 0.25) is 0 Å². The highest BCUT2D eigenvalue weighted by molar-refractivity contribution is 7.93. The van der Waals surface area contributed by atoms with Gasteiger partial charge in [-0.05, 0) is 51.4 Å². The van der Waals surface area contributed by atoms with Gasteiger partial charge in [-0.15, -0.1) is 0 Å². The summed E-state index contributed by atoms with van der Waals surface area (Å²) in [7, 11) is -6.77. The molecule has 0 aromatic rings. The third-order valence-corrected chi connectivity index (χ3v) is 9.12. The van der Waals surface area contributed by atoms with Crippen LogP contribution in [0.1, 0.15) is 64.2 Å². The minimum Gasteiger partial charge on any atom is -0.192 e. The van der Waals surface area contributed by atoms with E-state index in [0.29, 0.717) is 0 Å². The highest BCUT2D eigenvalue weighted by Crippen LogP contribution is 2.51. The van der Waals surface area contributed by atoms with Gasteiger partial charge in [0.25, 0.3) is 0 Å². The second-order valence-electron chi connectivity index (χ2n) is 5.97. The molecule has 2 rings (SSSR count). The minimum atomic E-state index is -5.34. The standard InChI is InChI=1S/C13H22F3NO2PS/c14-13(15,16)21(18,19)17-20(11-7-3-1-4-8-11)12-9-5-2-6-10-12/h11-12H,1-10H2/q+1. The van der Waals surface area contributed by atoms with Gasteiger partial charge in [0.15, 0.2) is 0 Å². The number of hydrogen-bond donors (Lipinski definition) is 0. The third-order valence-electron chi connectivity index (χ3n) is 4.39. The van der Waals surface area contributed by atoms with E-state index in [0.717, 1.165) is 64.2 Å². The molecule has 0 spiro atoms. The summed E-state index contributed by atoms with van der Waals surface area (Å²) in [6.07, 6.45) is 9.45. The quantitative estimate of drug-likeness (QED) is 0.663. The lowest BCUT2D eigenvalue weighted by Gasteiger charge is -2.22. The van der Waals surface area contributed by atoms with Gasteiger partial charge in [-0.25, -0.2) is 0 Å². The smallest absolute Gasteiger partial charge is 0.192 e. The zero-order valence-corrected chi connectivity index (χ0v) is 13.7. The summed E-state index contributed by atoms with van der Waals surface area (Å²) < 4.78 is 64.4. The molecule has 0 radical (unpaired) electrons. The average molecular weight is 344 g/mol. The molecule has 0 heterocycles. The molecule has 0 atom stereocenters. The largest absolute Gasteiger partial charge is 0.521 e. The lowest BCUT2D eigenvalue weighted by molar-refractivity contribution is -0.0434. The van der Waals surface area contributed by atoms with Crippen LogP contribution in [0.25, 0.3) is 0 Å². The minimum absolute atomic E-state index is 0.0639. The fraction of sp³-hybridized carbons (Fsp3) is 1.00. The summed E-state index contributed by atoms with van der Waals surface area (Å²) in [5.74, 6) is 0. The van der Waals surface area contributed by atoms with E-state index in [1.807, 2.05) is 0 Å². The van der Waals surface area contributed by atoms with Crippen LogP contribution in [-0.2, 0) is 10.0 Å². The average Bonchev–Trinajstić information content (AvgIpc) is 2.45. The molecule has 2 aliphatic carbocycles. The van der Waals surface area contributed by atoms with Gasteiger partial charge >= 0.3 is 15.5 Å². The van der Waals surface area contributed by atoms with E-state index < -0.39 is 23.2 Å². The maximum atomic E-state index is 12.7. The second kappa shape index (κ2) is 6.95. The first-order chi connectivity index (χ1) is 9.81. The molecule has 0 unspecified atom stereocenters. The van der Waals surface area contributed by atoms with Crippen LogP contribution >= 0.6 is 7.71 Å². The Morgan fingerprint density at radius 3 is 1.52 bits per heavy atom. The Morgan fingerprint density at radius 2 is 1.19 bits per heavy atom. The van der Waals surface area contributed by atoms with Crippen molar-refractivity contribution in [2.24, 2.45) is 4.15 Å². The van der Waals surface area contributed by atoms with Crippen molar-refractivity contribution >= 4 is 17.7 Å². The molecule has 2 saturated carbocycles. The number of sulfonamides is 1. The van der Waals surface area contributed by atoms with Crippen molar-refractivity contribution in [1.82, 2.24) is 0 Å². The Kier molecular flexibility index (Phi) is 5.69. The van der Waals surface area contributed by atoms with Crippen molar-refractivity contribution in [3.05, 3.63) is 0 Å². The Labute approximate surface area is 125 Å². The molecule has 2 aliphatic rings. The Morgan fingerprint density at radius 1 is 0.810 bits per heavy atom. The van der Waals surface area contributed by atoms with Gasteiger partial charge in [-0.2, -0.15) is 21.6 Å². The molecule has 0 aromatic carbocycles. The van der Waals surface area contributed by atoms with E-state index >= 15 is 0 Å². The molecular formula is C13H22F3NO2PS+. The Balaban J connectivity index is 2.30. The van der Waals surface area contributed by atoms with E-state index in [4.69, 9.17) is 0 Å². The van der Waals surface area contributed by atoms with Crippen LogP contribution in [0.3, 0.4) is 0 Å². The maximum Gasteiger partial charge on any atom is 0.521 e. The van der Waals surface area contributed by atoms with E-state index in [9.17, 15) is 21.6 Å².